The summed E-state index contributed by atoms with van der Waals surface area (Å²) < 4.78 is 13.0. The molecule has 13 aromatic rings. The molecule has 10 heterocycles. The minimum absolute atomic E-state index is 1.04. The Morgan fingerprint density at radius 3 is 1.04 bits per heavy atom. The van der Waals surface area contributed by atoms with Gasteiger partial charge in [0.15, 0.2) is 0 Å². The van der Waals surface area contributed by atoms with E-state index in [2.05, 4.69) is 174 Å². The Bertz CT molecular complexity index is 4810. The largest absolute Gasteiger partial charge is 0.340 e. The summed E-state index contributed by atoms with van der Waals surface area (Å²) in [4.78, 5) is 22.3. The molecular weight excluding hydrogens is 1440 g/mol. The van der Waals surface area contributed by atoms with Crippen molar-refractivity contribution in [1.29, 1.82) is 0 Å². The Hall–Kier alpha value is -5.12. The summed E-state index contributed by atoms with van der Waals surface area (Å²) in [5, 5.41) is 2.79. The Balaban J connectivity index is 0.774. The van der Waals surface area contributed by atoms with Gasteiger partial charge in [0.25, 0.3) is 0 Å². The third-order valence-electron chi connectivity index (χ3n) is 21.3. The average molecular weight is 1550 g/mol. The molecule has 0 fully saturated rings. The van der Waals surface area contributed by atoms with Crippen molar-refractivity contribution in [2.75, 3.05) is 0 Å². The van der Waals surface area contributed by atoms with Crippen molar-refractivity contribution in [2.45, 2.75) is 273 Å². The van der Waals surface area contributed by atoms with E-state index in [9.17, 15) is 0 Å². The quantitative estimate of drug-likeness (QED) is 0.0356. The molecule has 0 aliphatic carbocycles. The summed E-state index contributed by atoms with van der Waals surface area (Å²) in [6.07, 6.45) is 43.7. The van der Waals surface area contributed by atoms with Gasteiger partial charge in [-0.3, -0.25) is 0 Å². The number of nitrogens with zero attached hydrogens (tertiary/aromatic N) is 3. The molecule has 0 aliphatic rings. The fraction of sp³-hybridized carbons (Fsp3) is 0.457. The average Bonchev–Trinajstić information content (AvgIpc) is 1.61. The highest BCUT2D eigenvalue weighted by atomic mass is 32.1. The summed E-state index contributed by atoms with van der Waals surface area (Å²) in [7, 11) is 0. The van der Waals surface area contributed by atoms with Crippen LogP contribution in [0.2, 0.25) is 0 Å². The van der Waals surface area contributed by atoms with Crippen LogP contribution in [-0.4, -0.2) is 13.3 Å². The Labute approximate surface area is 659 Å². The molecule has 548 valence electrons. The minimum atomic E-state index is 1.04. The molecule has 0 spiro atoms. The lowest BCUT2D eigenvalue weighted by Gasteiger charge is -2.08. The first-order valence-corrected chi connectivity index (χ1v) is 47.6. The van der Waals surface area contributed by atoms with Gasteiger partial charge >= 0.3 is 0 Å². The van der Waals surface area contributed by atoms with Gasteiger partial charge in [0.2, 0.25) is 0 Å². The zero-order valence-corrected chi connectivity index (χ0v) is 70.7. The normalized spacial score (nSPS) is 12.0. The Morgan fingerprint density at radius 2 is 0.615 bits per heavy atom. The minimum Gasteiger partial charge on any atom is -0.340 e. The van der Waals surface area contributed by atoms with Crippen LogP contribution >= 0.6 is 102 Å². The second-order valence-electron chi connectivity index (χ2n) is 29.6. The molecule has 13 rings (SSSR count). The van der Waals surface area contributed by atoms with E-state index < -0.39 is 0 Å². The summed E-state index contributed by atoms with van der Waals surface area (Å²) in [6.45, 7) is 17.2. The number of hydrogen-bond donors (Lipinski definition) is 0. The van der Waals surface area contributed by atoms with Crippen molar-refractivity contribution < 1.29 is 0 Å². The SMILES string of the molecule is CCCCCCCCc1cc(C)sc1-c1ccc(-c2ccc(-c3sc(-c4ccc(-c5cc(CCCCCCCC)c(-c6ccc(-c7ccc(-c8sc(-c9ccc%10c(c9)c9cc(C)ccc9n%10CCCCCCCC)cc8CCCCCCCC)s7)s6)s5)c5nsnc45)cc3CCCCCCCC)s2)s1. The maximum Gasteiger partial charge on any atom is 0.114 e. The van der Waals surface area contributed by atoms with Crippen LogP contribution in [0.3, 0.4) is 0 Å². The van der Waals surface area contributed by atoms with Crippen LogP contribution in [0.25, 0.3) is 123 Å². The van der Waals surface area contributed by atoms with Crippen LogP contribution in [0.5, 0.6) is 0 Å². The van der Waals surface area contributed by atoms with Gasteiger partial charge in [-0.1, -0.05) is 225 Å². The van der Waals surface area contributed by atoms with Crippen LogP contribution in [0.4, 0.5) is 0 Å². The lowest BCUT2D eigenvalue weighted by atomic mass is 10.0. The lowest BCUT2D eigenvalue weighted by molar-refractivity contribution is 0.571. The van der Waals surface area contributed by atoms with Gasteiger partial charge in [0.05, 0.1) is 11.7 Å². The number of hydrogen-bond acceptors (Lipinski definition) is 11. The molecule has 0 amide bonds. The van der Waals surface area contributed by atoms with Crippen molar-refractivity contribution in [3.05, 3.63) is 154 Å². The summed E-state index contributed by atoms with van der Waals surface area (Å²) in [6, 6.07) is 48.7. The van der Waals surface area contributed by atoms with E-state index in [1.807, 2.05) is 90.7 Å². The molecule has 0 bridgehead atoms. The van der Waals surface area contributed by atoms with Gasteiger partial charge < -0.3 is 4.57 Å². The first-order valence-electron chi connectivity index (χ1n) is 40.4. The maximum absolute atomic E-state index is 5.19. The highest BCUT2D eigenvalue weighted by Crippen LogP contribution is 2.52. The topological polar surface area (TPSA) is 30.7 Å². The van der Waals surface area contributed by atoms with Crippen molar-refractivity contribution in [2.24, 2.45) is 0 Å². The van der Waals surface area contributed by atoms with Gasteiger partial charge in [-0.25, -0.2) is 0 Å². The number of unbranched alkanes of at least 4 members (excludes halogenated alkanes) is 25. The third-order valence-corrected chi connectivity index (χ3v) is 32.1. The molecule has 0 saturated carbocycles. The molecule has 0 aliphatic heterocycles. The van der Waals surface area contributed by atoms with Gasteiger partial charge in [-0.05, 0) is 197 Å². The predicted molar refractivity (Wildman–Crippen MR) is 474 cm³/mol. The second kappa shape index (κ2) is 38.8. The molecule has 104 heavy (non-hydrogen) atoms. The van der Waals surface area contributed by atoms with Crippen molar-refractivity contribution in [3.63, 3.8) is 0 Å². The van der Waals surface area contributed by atoms with Crippen LogP contribution in [0.1, 0.15) is 260 Å². The summed E-state index contributed by atoms with van der Waals surface area (Å²) >= 11 is 17.3. The fourth-order valence-corrected chi connectivity index (χ4v) is 25.6. The van der Waals surface area contributed by atoms with E-state index in [1.165, 1.54) is 350 Å². The standard InChI is InChI=1S/C92H111N3S9/c1-8-13-18-23-28-33-38-66-58-64(7)96-89(66)80-52-48-76(97-80)77-50-54-82(99-77)91-68(40-35-30-25-20-15-10-3)61-85(102-91)70-44-45-71(88-87(70)93-104-94-88)86-62-69(41-36-31-26-21-16-11-4)92(103-86)83-55-51-79(100-83)78-49-53-81(98-78)90-67(39-34-29-24-19-14-9-2)60-84(101-90)65-43-47-75-73(59-65)72-57-63(6)42-46-74(72)95(75)56-37-32-27-22-17-12-5/h42-55,57-62H,8-41,56H2,1-7H3. The third kappa shape index (κ3) is 19.1. The molecule has 12 heteroatoms. The first kappa shape index (κ1) is 77.1. The summed E-state index contributed by atoms with van der Waals surface area (Å²) in [5.41, 5.74) is 16.0. The van der Waals surface area contributed by atoms with E-state index in [-0.39, 0.29) is 0 Å². The number of aryl methyl sites for hydroxylation is 7. The van der Waals surface area contributed by atoms with E-state index >= 15 is 0 Å². The molecule has 0 saturated heterocycles. The number of aromatic nitrogens is 3. The number of rotatable bonds is 44. The molecule has 0 atom stereocenters. The molecular formula is C92H111N3S9. The lowest BCUT2D eigenvalue weighted by Crippen LogP contribution is -1.97. The fourth-order valence-electron chi connectivity index (χ4n) is 15.5. The van der Waals surface area contributed by atoms with E-state index in [4.69, 9.17) is 8.75 Å². The van der Waals surface area contributed by atoms with Gasteiger partial charge in [0.1, 0.15) is 11.0 Å². The smallest absolute Gasteiger partial charge is 0.114 e. The maximum atomic E-state index is 5.19. The predicted octanol–water partition coefficient (Wildman–Crippen LogP) is 33.9. The second-order valence-corrected chi connectivity index (χ2v) is 38.9. The molecule has 0 radical (unpaired) electrons. The van der Waals surface area contributed by atoms with Crippen molar-refractivity contribution in [3.8, 4) is 89.8 Å². The first-order chi connectivity index (χ1) is 51.2. The Morgan fingerprint density at radius 1 is 0.279 bits per heavy atom. The zero-order valence-electron chi connectivity index (χ0n) is 63.3. The van der Waals surface area contributed by atoms with E-state index in [1.54, 1.807) is 5.56 Å². The van der Waals surface area contributed by atoms with Crippen LogP contribution < -0.4 is 0 Å². The van der Waals surface area contributed by atoms with E-state index in [0.717, 1.165) is 36.8 Å². The van der Waals surface area contributed by atoms with Crippen molar-refractivity contribution in [1.82, 2.24) is 13.3 Å². The number of thiophene rings is 8. The highest BCUT2D eigenvalue weighted by Gasteiger charge is 2.25. The molecule has 0 N–H and O–H groups in total. The van der Waals surface area contributed by atoms with Crippen LogP contribution in [0.15, 0.2) is 121 Å². The Kier molecular flexibility index (Phi) is 28.7. The monoisotopic (exact) mass is 1550 g/mol. The van der Waals surface area contributed by atoms with Gasteiger partial charge in [-0.15, -0.1) is 90.7 Å². The van der Waals surface area contributed by atoms with Gasteiger partial charge in [0, 0.05) is 118 Å². The number of fused-ring (bicyclic) bond motifs is 4. The summed E-state index contributed by atoms with van der Waals surface area (Å²) in [5.74, 6) is 0. The highest BCUT2D eigenvalue weighted by molar-refractivity contribution is 7.30. The molecule has 0 unspecified atom stereocenters. The van der Waals surface area contributed by atoms with Crippen LogP contribution in [0, 0.1) is 13.8 Å². The zero-order chi connectivity index (χ0) is 71.6. The number of benzene rings is 3. The van der Waals surface area contributed by atoms with Gasteiger partial charge in [-0.2, -0.15) is 8.75 Å². The van der Waals surface area contributed by atoms with E-state index in [0.29, 0.717) is 0 Å². The molecule has 10 aromatic heterocycles. The molecule has 3 nitrogen and oxygen atoms in total. The van der Waals surface area contributed by atoms with Crippen molar-refractivity contribution >= 4 is 135 Å². The molecule has 3 aromatic carbocycles. The van der Waals surface area contributed by atoms with Crippen LogP contribution in [-0.2, 0) is 32.2 Å².